The maximum atomic E-state index is 12.4. The van der Waals surface area contributed by atoms with Gasteiger partial charge in [0.05, 0.1) is 9.79 Å². The summed E-state index contributed by atoms with van der Waals surface area (Å²) < 4.78 is 65.2. The zero-order chi connectivity index (χ0) is 16.4. The van der Waals surface area contributed by atoms with Gasteiger partial charge in [-0.15, -0.1) is 13.2 Å². The van der Waals surface area contributed by atoms with Gasteiger partial charge in [-0.25, -0.2) is 8.42 Å². The van der Waals surface area contributed by atoms with E-state index in [4.69, 9.17) is 0 Å². The number of hydrogen-bond acceptors (Lipinski definition) is 3. The van der Waals surface area contributed by atoms with Gasteiger partial charge in [0.25, 0.3) is 0 Å². The summed E-state index contributed by atoms with van der Waals surface area (Å²) in [6.45, 7) is 1.93. The summed E-state index contributed by atoms with van der Waals surface area (Å²) in [5.41, 5.74) is 0.966. The lowest BCUT2D eigenvalue weighted by Gasteiger charge is -2.10. The summed E-state index contributed by atoms with van der Waals surface area (Å²) in [7, 11) is -3.89. The van der Waals surface area contributed by atoms with Gasteiger partial charge in [0, 0.05) is 0 Å². The Morgan fingerprint density at radius 2 is 1.64 bits per heavy atom. The molecule has 0 heterocycles. The zero-order valence-electron chi connectivity index (χ0n) is 11.6. The number of hydrogen-bond donors (Lipinski definition) is 0. The highest BCUT2D eigenvalue weighted by molar-refractivity contribution is 7.91. The molecule has 7 heteroatoms. The van der Waals surface area contributed by atoms with E-state index in [1.54, 1.807) is 12.1 Å². The predicted molar refractivity (Wildman–Crippen MR) is 74.4 cm³/mol. The van der Waals surface area contributed by atoms with Gasteiger partial charge in [0.2, 0.25) is 9.84 Å². The summed E-state index contributed by atoms with van der Waals surface area (Å²) in [5.74, 6) is -0.571. The molecule has 0 radical (unpaired) electrons. The Kier molecular flexibility index (Phi) is 4.46. The lowest BCUT2D eigenvalue weighted by Crippen LogP contribution is -2.17. The summed E-state index contributed by atoms with van der Waals surface area (Å²) in [5, 5.41) is 0. The minimum Gasteiger partial charge on any atom is -0.406 e. The molecule has 2 aromatic rings. The van der Waals surface area contributed by atoms with Gasteiger partial charge in [0.1, 0.15) is 5.75 Å². The molecule has 3 nitrogen and oxygen atoms in total. The van der Waals surface area contributed by atoms with Crippen LogP contribution in [0.25, 0.3) is 0 Å². The number of rotatable bonds is 4. The van der Waals surface area contributed by atoms with Crippen molar-refractivity contribution in [1.82, 2.24) is 0 Å². The lowest BCUT2D eigenvalue weighted by atomic mass is 10.2. The van der Waals surface area contributed by atoms with Crippen molar-refractivity contribution in [1.29, 1.82) is 0 Å². The molecule has 0 fully saturated rings. The molecule has 2 rings (SSSR count). The smallest absolute Gasteiger partial charge is 0.406 e. The van der Waals surface area contributed by atoms with Gasteiger partial charge in [-0.2, -0.15) is 0 Å². The second-order valence-electron chi connectivity index (χ2n) is 4.52. The summed E-state index contributed by atoms with van der Waals surface area (Å²) in [6.07, 6.45) is -4.11. The van der Waals surface area contributed by atoms with Crippen LogP contribution in [-0.4, -0.2) is 14.8 Å². The minimum absolute atomic E-state index is 0.0221. The first-order valence-corrected chi connectivity index (χ1v) is 7.90. The van der Waals surface area contributed by atoms with Crippen LogP contribution in [-0.2, 0) is 16.3 Å². The van der Waals surface area contributed by atoms with Crippen LogP contribution < -0.4 is 4.74 Å². The van der Waals surface area contributed by atoms with Crippen LogP contribution in [0.1, 0.15) is 12.5 Å². The van der Waals surface area contributed by atoms with Gasteiger partial charge in [-0.1, -0.05) is 25.1 Å². The van der Waals surface area contributed by atoms with Crippen molar-refractivity contribution in [2.45, 2.75) is 29.5 Å². The molecule has 2 aromatic carbocycles. The van der Waals surface area contributed by atoms with Crippen molar-refractivity contribution in [3.05, 3.63) is 54.1 Å². The SMILES string of the molecule is CCc1ccc(S(=O)(=O)c2cccc(OC(F)(F)F)c2)cc1. The van der Waals surface area contributed by atoms with E-state index in [0.717, 1.165) is 24.1 Å². The molecule has 0 aliphatic carbocycles. The van der Waals surface area contributed by atoms with Crippen LogP contribution in [0, 0.1) is 0 Å². The highest BCUT2D eigenvalue weighted by Crippen LogP contribution is 2.28. The van der Waals surface area contributed by atoms with E-state index >= 15 is 0 Å². The molecule has 0 saturated heterocycles. The van der Waals surface area contributed by atoms with Crippen LogP contribution in [0.5, 0.6) is 5.75 Å². The first-order valence-electron chi connectivity index (χ1n) is 6.42. The molecule has 0 N–H and O–H groups in total. The predicted octanol–water partition coefficient (Wildman–Crippen LogP) is 3.98. The van der Waals surface area contributed by atoms with Crippen LogP contribution >= 0.6 is 0 Å². The first-order chi connectivity index (χ1) is 10.2. The Morgan fingerprint density at radius 3 is 2.18 bits per heavy atom. The Morgan fingerprint density at radius 1 is 1.00 bits per heavy atom. The molecule has 0 aromatic heterocycles. The molecule has 0 aliphatic heterocycles. The number of aryl methyl sites for hydroxylation is 1. The standard InChI is InChI=1S/C15H13F3O3S/c1-2-11-6-8-13(9-7-11)22(19,20)14-5-3-4-12(10-14)21-15(16,17)18/h3-10H,2H2,1H3. The lowest BCUT2D eigenvalue weighted by molar-refractivity contribution is -0.274. The molecule has 0 bridgehead atoms. The Hall–Kier alpha value is -2.02. The third-order valence-electron chi connectivity index (χ3n) is 2.99. The van der Waals surface area contributed by atoms with E-state index in [-0.39, 0.29) is 9.79 Å². The van der Waals surface area contributed by atoms with Gasteiger partial charge < -0.3 is 4.74 Å². The van der Waals surface area contributed by atoms with Crippen molar-refractivity contribution in [2.24, 2.45) is 0 Å². The highest BCUT2D eigenvalue weighted by atomic mass is 32.2. The average molecular weight is 330 g/mol. The maximum Gasteiger partial charge on any atom is 0.573 e. The number of benzene rings is 2. The first kappa shape index (κ1) is 16.4. The molecular formula is C15H13F3O3S. The Labute approximate surface area is 126 Å². The normalized spacial score (nSPS) is 12.2. The second kappa shape index (κ2) is 6.00. The van der Waals surface area contributed by atoms with Crippen molar-refractivity contribution < 1.29 is 26.3 Å². The molecule has 0 amide bonds. The molecule has 0 spiro atoms. The van der Waals surface area contributed by atoms with Crippen molar-refractivity contribution in [2.75, 3.05) is 0 Å². The number of alkyl halides is 3. The van der Waals surface area contributed by atoms with Crippen molar-refractivity contribution in [3.8, 4) is 5.75 Å². The molecule has 118 valence electrons. The average Bonchev–Trinajstić information content (AvgIpc) is 2.46. The summed E-state index contributed by atoms with van der Waals surface area (Å²) in [4.78, 5) is -0.229. The molecule has 0 atom stereocenters. The third kappa shape index (κ3) is 3.79. The molecular weight excluding hydrogens is 317 g/mol. The molecule has 22 heavy (non-hydrogen) atoms. The van der Waals surface area contributed by atoms with Crippen LogP contribution in [0.4, 0.5) is 13.2 Å². The van der Waals surface area contributed by atoms with E-state index < -0.39 is 21.9 Å². The van der Waals surface area contributed by atoms with Gasteiger partial charge in [0.15, 0.2) is 0 Å². The van der Waals surface area contributed by atoms with Crippen molar-refractivity contribution >= 4 is 9.84 Å². The van der Waals surface area contributed by atoms with Crippen molar-refractivity contribution in [3.63, 3.8) is 0 Å². The number of ether oxygens (including phenoxy) is 1. The number of sulfone groups is 1. The topological polar surface area (TPSA) is 43.4 Å². The Balaban J connectivity index is 2.38. The minimum atomic E-state index is -4.87. The summed E-state index contributed by atoms with van der Waals surface area (Å²) in [6, 6.07) is 10.5. The van der Waals surface area contributed by atoms with E-state index in [9.17, 15) is 21.6 Å². The second-order valence-corrected chi connectivity index (χ2v) is 6.47. The maximum absolute atomic E-state index is 12.4. The fourth-order valence-electron chi connectivity index (χ4n) is 1.88. The van der Waals surface area contributed by atoms with Gasteiger partial charge in [-0.05, 0) is 42.3 Å². The van der Waals surface area contributed by atoms with Gasteiger partial charge >= 0.3 is 6.36 Å². The molecule has 0 unspecified atom stereocenters. The monoisotopic (exact) mass is 330 g/mol. The van der Waals surface area contributed by atoms with E-state index in [0.29, 0.717) is 0 Å². The van der Waals surface area contributed by atoms with Gasteiger partial charge in [-0.3, -0.25) is 0 Å². The number of halogens is 3. The largest absolute Gasteiger partial charge is 0.573 e. The quantitative estimate of drug-likeness (QED) is 0.852. The summed E-state index contributed by atoms with van der Waals surface area (Å²) >= 11 is 0. The van der Waals surface area contributed by atoms with E-state index in [1.807, 2.05) is 6.92 Å². The fourth-order valence-corrected chi connectivity index (χ4v) is 3.17. The highest BCUT2D eigenvalue weighted by Gasteiger charge is 2.31. The molecule has 0 saturated carbocycles. The van der Waals surface area contributed by atoms with Crippen LogP contribution in [0.3, 0.4) is 0 Å². The van der Waals surface area contributed by atoms with E-state index in [1.165, 1.54) is 24.3 Å². The Bertz CT molecular complexity index is 750. The van der Waals surface area contributed by atoms with E-state index in [2.05, 4.69) is 4.74 Å². The fraction of sp³-hybridized carbons (Fsp3) is 0.200. The molecule has 0 aliphatic rings. The zero-order valence-corrected chi connectivity index (χ0v) is 12.4. The van der Waals surface area contributed by atoms with Crippen LogP contribution in [0.2, 0.25) is 0 Å². The third-order valence-corrected chi connectivity index (χ3v) is 4.76. The van der Waals surface area contributed by atoms with Crippen LogP contribution in [0.15, 0.2) is 58.3 Å².